The van der Waals surface area contributed by atoms with Crippen LogP contribution >= 0.6 is 0 Å². The number of aromatic nitrogens is 4. The molecule has 0 aliphatic heterocycles. The zero-order valence-corrected chi connectivity index (χ0v) is 17.2. The van der Waals surface area contributed by atoms with Gasteiger partial charge in [-0.2, -0.15) is 5.10 Å². The molecule has 0 saturated carbocycles. The van der Waals surface area contributed by atoms with Gasteiger partial charge in [-0.15, -0.1) is 0 Å². The van der Waals surface area contributed by atoms with Gasteiger partial charge in [0.1, 0.15) is 5.69 Å². The lowest BCUT2D eigenvalue weighted by Gasteiger charge is -2.12. The lowest BCUT2D eigenvalue weighted by atomic mass is 9.98. The number of nitrogens with zero attached hydrogens (tertiary/aromatic N) is 4. The molecule has 0 radical (unpaired) electrons. The Morgan fingerprint density at radius 1 is 1.10 bits per heavy atom. The van der Waals surface area contributed by atoms with Crippen LogP contribution in [0.2, 0.25) is 0 Å². The van der Waals surface area contributed by atoms with Gasteiger partial charge in [-0.1, -0.05) is 48.5 Å². The molecule has 152 valence electrons. The van der Waals surface area contributed by atoms with E-state index in [1.54, 1.807) is 10.9 Å². The summed E-state index contributed by atoms with van der Waals surface area (Å²) in [5.41, 5.74) is 5.98. The van der Waals surface area contributed by atoms with Gasteiger partial charge >= 0.3 is 0 Å². The van der Waals surface area contributed by atoms with Gasteiger partial charge in [-0.3, -0.25) is 9.48 Å². The molecular weight excluding hydrogens is 374 g/mol. The number of hydrogen-bond acceptors (Lipinski definition) is 3. The van der Waals surface area contributed by atoms with Crippen molar-refractivity contribution in [3.05, 3.63) is 95.8 Å². The monoisotopic (exact) mass is 399 g/mol. The Balaban J connectivity index is 1.49. The standard InChI is InChI=1S/C24H25N5O/c1-3-29-23(14-18(2)27-29)24(30)26-15-21-6-4-5-7-22(21)20-10-8-19(9-11-20)16-28-13-12-25-17-28/h4-14,17H,3,15-16H2,1-2H3,(H,26,30). The Labute approximate surface area is 176 Å². The minimum atomic E-state index is -0.108. The Hall–Kier alpha value is -3.67. The van der Waals surface area contributed by atoms with Crippen molar-refractivity contribution in [2.24, 2.45) is 0 Å². The number of benzene rings is 2. The molecule has 4 rings (SSSR count). The predicted octanol–water partition coefficient (Wildman–Crippen LogP) is 4.05. The Bertz CT molecular complexity index is 1130. The minimum absolute atomic E-state index is 0.108. The molecule has 1 amide bonds. The first-order valence-corrected chi connectivity index (χ1v) is 10.1. The summed E-state index contributed by atoms with van der Waals surface area (Å²) in [7, 11) is 0. The van der Waals surface area contributed by atoms with Gasteiger partial charge in [0.25, 0.3) is 5.91 Å². The lowest BCUT2D eigenvalue weighted by molar-refractivity contribution is 0.0940. The molecular formula is C24H25N5O. The molecule has 6 heteroatoms. The van der Waals surface area contributed by atoms with Crippen molar-refractivity contribution >= 4 is 5.91 Å². The highest BCUT2D eigenvalue weighted by atomic mass is 16.2. The molecule has 0 spiro atoms. The number of carbonyl (C=O) groups excluding carboxylic acids is 1. The van der Waals surface area contributed by atoms with Crippen molar-refractivity contribution in [1.29, 1.82) is 0 Å². The Morgan fingerprint density at radius 3 is 2.63 bits per heavy atom. The molecule has 2 aromatic heterocycles. The first-order valence-electron chi connectivity index (χ1n) is 10.1. The largest absolute Gasteiger partial charge is 0.347 e. The summed E-state index contributed by atoms with van der Waals surface area (Å²) in [5, 5.41) is 7.40. The number of rotatable bonds is 7. The summed E-state index contributed by atoms with van der Waals surface area (Å²) in [4.78, 5) is 16.8. The first-order chi connectivity index (χ1) is 14.6. The Kier molecular flexibility index (Phi) is 5.75. The minimum Gasteiger partial charge on any atom is -0.347 e. The molecule has 0 saturated heterocycles. The fourth-order valence-corrected chi connectivity index (χ4v) is 3.57. The van der Waals surface area contributed by atoms with Crippen molar-refractivity contribution in [2.45, 2.75) is 33.5 Å². The topological polar surface area (TPSA) is 64.7 Å². The molecule has 30 heavy (non-hydrogen) atoms. The maximum absolute atomic E-state index is 12.7. The van der Waals surface area contributed by atoms with E-state index in [1.807, 2.05) is 49.1 Å². The van der Waals surface area contributed by atoms with Crippen LogP contribution in [0.25, 0.3) is 11.1 Å². The molecule has 4 aromatic rings. The molecule has 0 fully saturated rings. The van der Waals surface area contributed by atoms with Crippen LogP contribution in [-0.4, -0.2) is 25.2 Å². The quantitative estimate of drug-likeness (QED) is 0.510. The maximum atomic E-state index is 12.7. The smallest absolute Gasteiger partial charge is 0.269 e. The zero-order valence-electron chi connectivity index (χ0n) is 17.2. The summed E-state index contributed by atoms with van der Waals surface area (Å²) < 4.78 is 3.77. The summed E-state index contributed by atoms with van der Waals surface area (Å²) in [5.74, 6) is -0.108. The fourth-order valence-electron chi connectivity index (χ4n) is 3.57. The maximum Gasteiger partial charge on any atom is 0.269 e. The van der Waals surface area contributed by atoms with Gasteiger partial charge in [0.05, 0.1) is 12.0 Å². The van der Waals surface area contributed by atoms with E-state index in [9.17, 15) is 4.79 Å². The second kappa shape index (κ2) is 8.78. The van der Waals surface area contributed by atoms with Crippen molar-refractivity contribution in [2.75, 3.05) is 0 Å². The number of hydrogen-bond donors (Lipinski definition) is 1. The van der Waals surface area contributed by atoms with Crippen molar-refractivity contribution in [3.63, 3.8) is 0 Å². The van der Waals surface area contributed by atoms with Gasteiger partial charge in [0.15, 0.2) is 0 Å². The molecule has 0 atom stereocenters. The van der Waals surface area contributed by atoms with Crippen molar-refractivity contribution < 1.29 is 4.79 Å². The van der Waals surface area contributed by atoms with Crippen LogP contribution in [-0.2, 0) is 19.6 Å². The second-order valence-corrected chi connectivity index (χ2v) is 7.26. The van der Waals surface area contributed by atoms with Gasteiger partial charge < -0.3 is 9.88 Å². The van der Waals surface area contributed by atoms with E-state index in [1.165, 1.54) is 5.56 Å². The Morgan fingerprint density at radius 2 is 1.90 bits per heavy atom. The van der Waals surface area contributed by atoms with Crippen molar-refractivity contribution in [3.8, 4) is 11.1 Å². The third-order valence-corrected chi connectivity index (χ3v) is 5.08. The van der Waals surface area contributed by atoms with Crippen LogP contribution in [0.3, 0.4) is 0 Å². The molecule has 0 bridgehead atoms. The predicted molar refractivity (Wildman–Crippen MR) is 117 cm³/mol. The van der Waals surface area contributed by atoms with Gasteiger partial charge in [0, 0.05) is 32.0 Å². The number of amides is 1. The second-order valence-electron chi connectivity index (χ2n) is 7.26. The number of imidazole rings is 1. The lowest BCUT2D eigenvalue weighted by Crippen LogP contribution is -2.25. The summed E-state index contributed by atoms with van der Waals surface area (Å²) in [6.07, 6.45) is 5.56. The van der Waals surface area contributed by atoms with Gasteiger partial charge in [-0.25, -0.2) is 4.98 Å². The van der Waals surface area contributed by atoms with E-state index in [0.717, 1.165) is 28.9 Å². The molecule has 6 nitrogen and oxygen atoms in total. The molecule has 1 N–H and O–H groups in total. The number of nitrogens with one attached hydrogen (secondary N) is 1. The highest BCUT2D eigenvalue weighted by molar-refractivity contribution is 5.92. The van der Waals surface area contributed by atoms with E-state index in [-0.39, 0.29) is 5.91 Å². The number of carbonyl (C=O) groups is 1. The van der Waals surface area contributed by atoms with E-state index >= 15 is 0 Å². The van der Waals surface area contributed by atoms with Gasteiger partial charge in [-0.05, 0) is 42.2 Å². The van der Waals surface area contributed by atoms with E-state index < -0.39 is 0 Å². The van der Waals surface area contributed by atoms with Gasteiger partial charge in [0.2, 0.25) is 0 Å². The molecule has 0 unspecified atom stereocenters. The van der Waals surface area contributed by atoms with E-state index in [2.05, 4.69) is 51.8 Å². The van der Waals surface area contributed by atoms with Crippen LogP contribution in [0.15, 0.2) is 73.3 Å². The summed E-state index contributed by atoms with van der Waals surface area (Å²) >= 11 is 0. The van der Waals surface area contributed by atoms with Crippen LogP contribution in [0.4, 0.5) is 0 Å². The fraction of sp³-hybridized carbons (Fsp3) is 0.208. The third-order valence-electron chi connectivity index (χ3n) is 5.08. The molecule has 2 heterocycles. The average molecular weight is 399 g/mol. The molecule has 0 aliphatic carbocycles. The highest BCUT2D eigenvalue weighted by Gasteiger charge is 2.13. The normalized spacial score (nSPS) is 10.9. The highest BCUT2D eigenvalue weighted by Crippen LogP contribution is 2.24. The van der Waals surface area contributed by atoms with Crippen LogP contribution in [0, 0.1) is 6.92 Å². The van der Waals surface area contributed by atoms with Crippen LogP contribution in [0.1, 0.15) is 34.2 Å². The summed E-state index contributed by atoms with van der Waals surface area (Å²) in [6.45, 7) is 5.80. The first kappa shape index (κ1) is 19.6. The van der Waals surface area contributed by atoms with Crippen LogP contribution < -0.4 is 5.32 Å². The van der Waals surface area contributed by atoms with E-state index in [0.29, 0.717) is 18.8 Å². The summed E-state index contributed by atoms with van der Waals surface area (Å²) in [6, 6.07) is 18.5. The third kappa shape index (κ3) is 4.33. The molecule has 0 aliphatic rings. The average Bonchev–Trinajstić information content (AvgIpc) is 3.42. The van der Waals surface area contributed by atoms with E-state index in [4.69, 9.17) is 0 Å². The number of aryl methyl sites for hydroxylation is 2. The van der Waals surface area contributed by atoms with Crippen molar-refractivity contribution in [1.82, 2.24) is 24.6 Å². The van der Waals surface area contributed by atoms with Crippen LogP contribution in [0.5, 0.6) is 0 Å². The zero-order chi connectivity index (χ0) is 20.9. The molecule has 2 aromatic carbocycles. The SMILES string of the molecule is CCn1nc(C)cc1C(=O)NCc1ccccc1-c1ccc(Cn2ccnc2)cc1.